The highest BCUT2D eigenvalue weighted by molar-refractivity contribution is 14.0. The number of guanidine groups is 1. The summed E-state index contributed by atoms with van der Waals surface area (Å²) in [6.07, 6.45) is 3.44. The number of amides is 1. The molecule has 0 atom stereocenters. The zero-order chi connectivity index (χ0) is 21.1. The van der Waals surface area contributed by atoms with Crippen LogP contribution in [0.1, 0.15) is 19.3 Å². The summed E-state index contributed by atoms with van der Waals surface area (Å²) in [7, 11) is 0.0334. The molecular weight excluding hydrogens is 523 g/mol. The van der Waals surface area contributed by atoms with Gasteiger partial charge >= 0.3 is 0 Å². The Morgan fingerprint density at radius 3 is 2.40 bits per heavy atom. The smallest absolute Gasteiger partial charge is 0.234 e. The Bertz CT molecular complexity index is 637. The number of sulfonamides is 1. The lowest BCUT2D eigenvalue weighted by molar-refractivity contribution is -0.122. The second kappa shape index (κ2) is 14.4. The second-order valence-corrected chi connectivity index (χ2v) is 9.47. The Morgan fingerprint density at radius 1 is 1.13 bits per heavy atom. The van der Waals surface area contributed by atoms with Gasteiger partial charge in [0.15, 0.2) is 5.96 Å². The number of halogens is 1. The molecular formula is C18H37IN6O4S. The minimum atomic E-state index is -3.27. The van der Waals surface area contributed by atoms with E-state index in [0.717, 1.165) is 39.0 Å². The average Bonchev–Trinajstić information content (AvgIpc) is 2.65. The fraction of sp³-hybridized carbons (Fsp3) is 0.889. The molecule has 2 fully saturated rings. The molecule has 1 aliphatic heterocycles. The van der Waals surface area contributed by atoms with Crippen LogP contribution in [0.2, 0.25) is 0 Å². The molecule has 0 spiro atoms. The summed E-state index contributed by atoms with van der Waals surface area (Å²) >= 11 is 0. The molecule has 0 unspecified atom stereocenters. The molecule has 2 rings (SSSR count). The van der Waals surface area contributed by atoms with E-state index in [1.165, 1.54) is 6.42 Å². The Hall–Kier alpha value is -0.700. The highest BCUT2D eigenvalue weighted by atomic mass is 127. The van der Waals surface area contributed by atoms with Gasteiger partial charge < -0.3 is 20.3 Å². The first-order valence-electron chi connectivity index (χ1n) is 10.3. The van der Waals surface area contributed by atoms with Crippen LogP contribution in [0.4, 0.5) is 0 Å². The van der Waals surface area contributed by atoms with Crippen molar-refractivity contribution in [1.82, 2.24) is 25.2 Å². The lowest BCUT2D eigenvalue weighted by Crippen LogP contribution is -2.54. The van der Waals surface area contributed by atoms with Gasteiger partial charge in [-0.05, 0) is 18.8 Å². The lowest BCUT2D eigenvalue weighted by atomic mass is 9.86. The number of hydrogen-bond acceptors (Lipinski definition) is 6. The fourth-order valence-electron chi connectivity index (χ4n) is 3.31. The number of piperazine rings is 1. The number of rotatable bonds is 11. The standard InChI is InChI=1S/C18H36N6O4S.HI/c1-19-18(21-7-13-29(26,27)22-14-16-4-3-5-16)24-10-8-23(9-11-24)15-17(25)20-6-12-28-2;/h16,22H,3-15H2,1-2H3,(H,19,21)(H,20,25);1H. The Kier molecular flexibility index (Phi) is 13.1. The van der Waals surface area contributed by atoms with Crippen molar-refractivity contribution in [3.63, 3.8) is 0 Å². The molecule has 0 bridgehead atoms. The van der Waals surface area contributed by atoms with Crippen molar-refractivity contribution in [2.24, 2.45) is 10.9 Å². The zero-order valence-corrected chi connectivity index (χ0v) is 21.2. The molecule has 176 valence electrons. The number of nitrogens with one attached hydrogen (secondary N) is 3. The average molecular weight is 561 g/mol. The predicted molar refractivity (Wildman–Crippen MR) is 129 cm³/mol. The van der Waals surface area contributed by atoms with E-state index in [1.807, 2.05) is 0 Å². The van der Waals surface area contributed by atoms with Gasteiger partial charge in [-0.1, -0.05) is 6.42 Å². The normalized spacial score (nSPS) is 18.5. The minimum Gasteiger partial charge on any atom is -0.383 e. The van der Waals surface area contributed by atoms with Gasteiger partial charge in [-0.25, -0.2) is 13.1 Å². The topological polar surface area (TPSA) is 115 Å². The number of carbonyl (C=O) groups is 1. The van der Waals surface area contributed by atoms with E-state index < -0.39 is 10.0 Å². The molecule has 0 aromatic heterocycles. The van der Waals surface area contributed by atoms with Gasteiger partial charge in [-0.3, -0.25) is 14.7 Å². The highest BCUT2D eigenvalue weighted by Gasteiger charge is 2.22. The van der Waals surface area contributed by atoms with E-state index in [0.29, 0.717) is 44.7 Å². The first-order chi connectivity index (χ1) is 13.9. The SMILES string of the molecule is CN=C(NCCS(=O)(=O)NCC1CCC1)N1CCN(CC(=O)NCCOC)CC1.I. The first-order valence-corrected chi connectivity index (χ1v) is 12.0. The van der Waals surface area contributed by atoms with E-state index in [4.69, 9.17) is 4.74 Å². The van der Waals surface area contributed by atoms with Gasteiger partial charge in [0.25, 0.3) is 0 Å². The Balaban J connectivity index is 0.00000450. The Morgan fingerprint density at radius 2 is 1.83 bits per heavy atom. The molecule has 0 aromatic carbocycles. The molecule has 10 nitrogen and oxygen atoms in total. The summed E-state index contributed by atoms with van der Waals surface area (Å²) in [6.45, 7) is 5.23. The summed E-state index contributed by atoms with van der Waals surface area (Å²) < 4.78 is 31.8. The molecule has 1 saturated heterocycles. The molecule has 1 aliphatic carbocycles. The van der Waals surface area contributed by atoms with Gasteiger partial charge in [-0.2, -0.15) is 0 Å². The molecule has 12 heteroatoms. The number of carbonyl (C=O) groups excluding carboxylic acids is 1. The fourth-order valence-corrected chi connectivity index (χ4v) is 4.32. The van der Waals surface area contributed by atoms with Crippen LogP contribution < -0.4 is 15.4 Å². The summed E-state index contributed by atoms with van der Waals surface area (Å²) in [5.74, 6) is 1.23. The maximum absolute atomic E-state index is 12.1. The quantitative estimate of drug-likeness (QED) is 0.132. The van der Waals surface area contributed by atoms with Crippen molar-refractivity contribution in [2.75, 3.05) is 78.9 Å². The van der Waals surface area contributed by atoms with Crippen molar-refractivity contribution in [3.8, 4) is 0 Å². The van der Waals surface area contributed by atoms with Crippen molar-refractivity contribution >= 4 is 45.9 Å². The van der Waals surface area contributed by atoms with Crippen molar-refractivity contribution in [1.29, 1.82) is 0 Å². The van der Waals surface area contributed by atoms with Gasteiger partial charge in [-0.15, -0.1) is 24.0 Å². The monoisotopic (exact) mass is 560 g/mol. The minimum absolute atomic E-state index is 0. The highest BCUT2D eigenvalue weighted by Crippen LogP contribution is 2.25. The molecule has 1 amide bonds. The van der Waals surface area contributed by atoms with Gasteiger partial charge in [0.1, 0.15) is 0 Å². The molecule has 2 aliphatic rings. The number of ether oxygens (including phenoxy) is 1. The predicted octanol–water partition coefficient (Wildman–Crippen LogP) is -0.720. The molecule has 0 radical (unpaired) electrons. The van der Waals surface area contributed by atoms with E-state index >= 15 is 0 Å². The van der Waals surface area contributed by atoms with Gasteiger partial charge in [0.05, 0.1) is 18.9 Å². The third kappa shape index (κ3) is 10.1. The van der Waals surface area contributed by atoms with Crippen LogP contribution in [0, 0.1) is 5.92 Å². The first kappa shape index (κ1) is 27.3. The van der Waals surface area contributed by atoms with Crippen LogP contribution in [-0.2, 0) is 19.6 Å². The summed E-state index contributed by atoms with van der Waals surface area (Å²) in [4.78, 5) is 20.3. The number of hydrogen-bond donors (Lipinski definition) is 3. The van der Waals surface area contributed by atoms with Crippen LogP contribution in [0.3, 0.4) is 0 Å². The zero-order valence-electron chi connectivity index (χ0n) is 18.1. The van der Waals surface area contributed by atoms with E-state index in [2.05, 4.69) is 30.1 Å². The molecule has 3 N–H and O–H groups in total. The second-order valence-electron chi connectivity index (χ2n) is 7.54. The van der Waals surface area contributed by atoms with Gasteiger partial charge in [0, 0.05) is 60.0 Å². The van der Waals surface area contributed by atoms with Crippen molar-refractivity contribution in [3.05, 3.63) is 0 Å². The number of nitrogens with zero attached hydrogens (tertiary/aromatic N) is 3. The van der Waals surface area contributed by atoms with Crippen molar-refractivity contribution < 1.29 is 17.9 Å². The van der Waals surface area contributed by atoms with Crippen LogP contribution in [0.25, 0.3) is 0 Å². The van der Waals surface area contributed by atoms with E-state index in [9.17, 15) is 13.2 Å². The maximum atomic E-state index is 12.1. The third-order valence-electron chi connectivity index (χ3n) is 5.35. The summed E-state index contributed by atoms with van der Waals surface area (Å²) in [5, 5.41) is 5.97. The lowest BCUT2D eigenvalue weighted by Gasteiger charge is -2.36. The number of aliphatic imine (C=N–C) groups is 1. The molecule has 1 saturated carbocycles. The Labute approximate surface area is 197 Å². The van der Waals surface area contributed by atoms with Crippen LogP contribution >= 0.6 is 24.0 Å². The van der Waals surface area contributed by atoms with Crippen LogP contribution in [0.5, 0.6) is 0 Å². The van der Waals surface area contributed by atoms with Crippen LogP contribution in [-0.4, -0.2) is 109 Å². The molecule has 1 heterocycles. The molecule has 0 aromatic rings. The number of methoxy groups -OCH3 is 1. The van der Waals surface area contributed by atoms with Crippen molar-refractivity contribution in [2.45, 2.75) is 19.3 Å². The van der Waals surface area contributed by atoms with Crippen LogP contribution in [0.15, 0.2) is 4.99 Å². The van der Waals surface area contributed by atoms with E-state index in [1.54, 1.807) is 14.2 Å². The molecule has 30 heavy (non-hydrogen) atoms. The summed E-state index contributed by atoms with van der Waals surface area (Å²) in [5.41, 5.74) is 0. The maximum Gasteiger partial charge on any atom is 0.234 e. The van der Waals surface area contributed by atoms with E-state index in [-0.39, 0.29) is 35.6 Å². The van der Waals surface area contributed by atoms with Gasteiger partial charge in [0.2, 0.25) is 15.9 Å². The summed E-state index contributed by atoms with van der Waals surface area (Å²) in [6, 6.07) is 0. The largest absolute Gasteiger partial charge is 0.383 e. The third-order valence-corrected chi connectivity index (χ3v) is 6.70.